The summed E-state index contributed by atoms with van der Waals surface area (Å²) in [5.74, 6) is 0.367. The normalized spacial score (nSPS) is 13.3. The van der Waals surface area contributed by atoms with Crippen LogP contribution in [0, 0.1) is 11.3 Å². The van der Waals surface area contributed by atoms with Crippen LogP contribution in [-0.4, -0.2) is 24.2 Å². The molecule has 5 nitrogen and oxygen atoms in total. The van der Waals surface area contributed by atoms with Gasteiger partial charge in [-0.1, -0.05) is 13.3 Å². The molecule has 0 saturated heterocycles. The lowest BCUT2D eigenvalue weighted by atomic mass is 9.98. The highest BCUT2D eigenvalue weighted by atomic mass is 16.5. The zero-order valence-electron chi connectivity index (χ0n) is 14.6. The van der Waals surface area contributed by atoms with Crippen molar-refractivity contribution in [3.63, 3.8) is 0 Å². The summed E-state index contributed by atoms with van der Waals surface area (Å²) < 4.78 is 11.2. The summed E-state index contributed by atoms with van der Waals surface area (Å²) >= 11 is 0. The maximum Gasteiger partial charge on any atom is 0.256 e. The molecule has 0 fully saturated rings. The van der Waals surface area contributed by atoms with E-state index in [0.717, 1.165) is 6.42 Å². The molecule has 0 radical (unpaired) electrons. The molecule has 0 aliphatic rings. The van der Waals surface area contributed by atoms with Gasteiger partial charge in [-0.05, 0) is 46.2 Å². The van der Waals surface area contributed by atoms with E-state index >= 15 is 0 Å². The molecule has 0 spiro atoms. The first-order valence-corrected chi connectivity index (χ1v) is 8.02. The van der Waals surface area contributed by atoms with Gasteiger partial charge in [-0.25, -0.2) is 0 Å². The summed E-state index contributed by atoms with van der Waals surface area (Å²) in [6, 6.07) is 7.16. The lowest BCUT2D eigenvalue weighted by molar-refractivity contribution is -0.139. The second-order valence-electron chi connectivity index (χ2n) is 5.85. The van der Waals surface area contributed by atoms with Crippen LogP contribution >= 0.6 is 0 Å². The van der Waals surface area contributed by atoms with Crippen LogP contribution < -0.4 is 10.1 Å². The van der Waals surface area contributed by atoms with Crippen LogP contribution in [0.5, 0.6) is 5.75 Å². The summed E-state index contributed by atoms with van der Waals surface area (Å²) in [5.41, 5.74) is -0.0638. The van der Waals surface area contributed by atoms with Crippen molar-refractivity contribution in [1.29, 1.82) is 5.26 Å². The van der Waals surface area contributed by atoms with Gasteiger partial charge in [-0.15, -0.1) is 0 Å². The maximum absolute atomic E-state index is 12.6. The predicted octanol–water partition coefficient (Wildman–Crippen LogP) is 3.88. The van der Waals surface area contributed by atoms with E-state index in [1.165, 1.54) is 0 Å². The van der Waals surface area contributed by atoms with Gasteiger partial charge in [0.1, 0.15) is 17.4 Å². The van der Waals surface area contributed by atoms with Crippen molar-refractivity contribution in [1.82, 2.24) is 0 Å². The summed E-state index contributed by atoms with van der Waals surface area (Å²) in [6.45, 7) is 9.93. The van der Waals surface area contributed by atoms with E-state index in [9.17, 15) is 10.1 Å². The topological polar surface area (TPSA) is 71.3 Å². The molecule has 0 saturated carbocycles. The SMILES string of the molecule is CCCC(C)(OCC)C(=O)Nc1ccc(OC(C)C)cc1C#N. The average molecular weight is 318 g/mol. The molecule has 0 aliphatic carbocycles. The van der Waals surface area contributed by atoms with Gasteiger partial charge < -0.3 is 14.8 Å². The standard InChI is InChI=1S/C18H26N2O3/c1-6-10-18(5,22-7-2)17(21)20-16-9-8-15(23-13(3)4)11-14(16)12-19/h8-9,11,13H,6-7,10H2,1-5H3,(H,20,21). The van der Waals surface area contributed by atoms with Gasteiger partial charge >= 0.3 is 0 Å². The number of rotatable bonds is 8. The Morgan fingerprint density at radius 1 is 1.39 bits per heavy atom. The summed E-state index contributed by atoms with van der Waals surface area (Å²) in [5, 5.41) is 12.1. The van der Waals surface area contributed by atoms with Crippen molar-refractivity contribution in [3.8, 4) is 11.8 Å². The van der Waals surface area contributed by atoms with Gasteiger partial charge in [0.15, 0.2) is 0 Å². The van der Waals surface area contributed by atoms with Crippen molar-refractivity contribution in [2.75, 3.05) is 11.9 Å². The predicted molar refractivity (Wildman–Crippen MR) is 90.5 cm³/mol. The van der Waals surface area contributed by atoms with E-state index in [1.54, 1.807) is 25.1 Å². The highest BCUT2D eigenvalue weighted by molar-refractivity contribution is 5.98. The van der Waals surface area contributed by atoms with Gasteiger partial charge in [-0.2, -0.15) is 5.26 Å². The Labute approximate surface area is 138 Å². The molecule has 1 aromatic carbocycles. The first-order valence-electron chi connectivity index (χ1n) is 8.02. The van der Waals surface area contributed by atoms with Crippen LogP contribution in [-0.2, 0) is 9.53 Å². The quantitative estimate of drug-likeness (QED) is 0.789. The number of nitrogens with zero attached hydrogens (tertiary/aromatic N) is 1. The van der Waals surface area contributed by atoms with Crippen LogP contribution in [0.1, 0.15) is 53.0 Å². The molecular formula is C18H26N2O3. The number of hydrogen-bond acceptors (Lipinski definition) is 4. The highest BCUT2D eigenvalue weighted by Gasteiger charge is 2.33. The van der Waals surface area contributed by atoms with Crippen molar-refractivity contribution < 1.29 is 14.3 Å². The van der Waals surface area contributed by atoms with E-state index in [1.807, 2.05) is 27.7 Å². The molecule has 126 valence electrons. The van der Waals surface area contributed by atoms with Crippen molar-refractivity contribution in [2.45, 2.75) is 59.2 Å². The summed E-state index contributed by atoms with van der Waals surface area (Å²) in [7, 11) is 0. The largest absolute Gasteiger partial charge is 0.491 e. The lowest BCUT2D eigenvalue weighted by Gasteiger charge is -2.28. The molecule has 1 rings (SSSR count). The lowest BCUT2D eigenvalue weighted by Crippen LogP contribution is -2.42. The molecule has 1 atom stereocenters. The Kier molecular flexibility index (Phi) is 7.05. The van der Waals surface area contributed by atoms with Crippen molar-refractivity contribution >= 4 is 11.6 Å². The fraction of sp³-hybridized carbons (Fsp3) is 0.556. The van der Waals surface area contributed by atoms with E-state index in [-0.39, 0.29) is 12.0 Å². The van der Waals surface area contributed by atoms with E-state index in [4.69, 9.17) is 9.47 Å². The third kappa shape index (κ3) is 5.26. The monoisotopic (exact) mass is 318 g/mol. The molecular weight excluding hydrogens is 292 g/mol. The van der Waals surface area contributed by atoms with E-state index in [0.29, 0.717) is 30.0 Å². The van der Waals surface area contributed by atoms with E-state index < -0.39 is 5.60 Å². The highest BCUT2D eigenvalue weighted by Crippen LogP contribution is 2.25. The number of nitriles is 1. The fourth-order valence-corrected chi connectivity index (χ4v) is 2.37. The molecule has 23 heavy (non-hydrogen) atoms. The van der Waals surface area contributed by atoms with Crippen LogP contribution in [0.25, 0.3) is 0 Å². The zero-order chi connectivity index (χ0) is 17.5. The minimum Gasteiger partial charge on any atom is -0.491 e. The fourth-order valence-electron chi connectivity index (χ4n) is 2.37. The molecule has 1 aromatic rings. The molecule has 0 aromatic heterocycles. The van der Waals surface area contributed by atoms with Gasteiger partial charge in [0.05, 0.1) is 17.4 Å². The first kappa shape index (κ1) is 19.0. The molecule has 5 heteroatoms. The third-order valence-corrected chi connectivity index (χ3v) is 3.40. The number of hydrogen-bond donors (Lipinski definition) is 1. The molecule has 1 unspecified atom stereocenters. The molecule has 0 aliphatic heterocycles. The van der Waals surface area contributed by atoms with Crippen molar-refractivity contribution in [2.24, 2.45) is 0 Å². The Balaban J connectivity index is 2.99. The molecule has 1 amide bonds. The van der Waals surface area contributed by atoms with Crippen LogP contribution in [0.3, 0.4) is 0 Å². The van der Waals surface area contributed by atoms with Gasteiger partial charge in [0.25, 0.3) is 5.91 Å². The van der Waals surface area contributed by atoms with E-state index in [2.05, 4.69) is 11.4 Å². The number of anilines is 1. The van der Waals surface area contributed by atoms with Crippen LogP contribution in [0.4, 0.5) is 5.69 Å². The second kappa shape index (κ2) is 8.54. The smallest absolute Gasteiger partial charge is 0.256 e. The van der Waals surface area contributed by atoms with Gasteiger partial charge in [0.2, 0.25) is 0 Å². The first-order chi connectivity index (χ1) is 10.9. The van der Waals surface area contributed by atoms with Crippen molar-refractivity contribution in [3.05, 3.63) is 23.8 Å². The Hall–Kier alpha value is -2.06. The number of nitrogens with one attached hydrogen (secondary N) is 1. The third-order valence-electron chi connectivity index (χ3n) is 3.40. The number of carbonyl (C=O) groups is 1. The Morgan fingerprint density at radius 2 is 2.09 bits per heavy atom. The zero-order valence-corrected chi connectivity index (χ0v) is 14.6. The van der Waals surface area contributed by atoms with Crippen LogP contribution in [0.2, 0.25) is 0 Å². The van der Waals surface area contributed by atoms with Gasteiger partial charge in [0, 0.05) is 12.7 Å². The minimum atomic E-state index is -0.899. The maximum atomic E-state index is 12.6. The minimum absolute atomic E-state index is 0.0211. The Morgan fingerprint density at radius 3 is 2.61 bits per heavy atom. The summed E-state index contributed by atoms with van der Waals surface area (Å²) in [6.07, 6.45) is 1.46. The second-order valence-corrected chi connectivity index (χ2v) is 5.85. The molecule has 1 N–H and O–H groups in total. The molecule has 0 bridgehead atoms. The molecule has 0 heterocycles. The van der Waals surface area contributed by atoms with Crippen LogP contribution in [0.15, 0.2) is 18.2 Å². The number of benzene rings is 1. The number of ether oxygens (including phenoxy) is 2. The average Bonchev–Trinajstić information content (AvgIpc) is 2.48. The summed E-state index contributed by atoms with van der Waals surface area (Å²) in [4.78, 5) is 12.6. The number of carbonyl (C=O) groups excluding carboxylic acids is 1. The van der Waals surface area contributed by atoms with Gasteiger partial charge in [-0.3, -0.25) is 4.79 Å². The number of amides is 1. The Bertz CT molecular complexity index is 570.